The van der Waals surface area contributed by atoms with Crippen LogP contribution >= 0.6 is 12.8 Å². The van der Waals surface area contributed by atoms with E-state index in [0.717, 1.165) is 0 Å². The van der Waals surface area contributed by atoms with Crippen LogP contribution in [0, 0.1) is 48.7 Å². The van der Waals surface area contributed by atoms with Gasteiger partial charge in [-0.15, -0.1) is 6.07 Å². The summed E-state index contributed by atoms with van der Waals surface area (Å²) in [4.78, 5) is 23.2. The molecule has 0 amide bonds. The number of nitroso groups, excluding NO2 is 1. The number of rotatable bonds is 3. The van der Waals surface area contributed by atoms with E-state index in [2.05, 4.69) is 18.9 Å². The van der Waals surface area contributed by atoms with Gasteiger partial charge in [0.15, 0.2) is 0 Å². The van der Waals surface area contributed by atoms with E-state index < -0.39 is 0 Å². The summed E-state index contributed by atoms with van der Waals surface area (Å²) in [6.45, 7) is 0. The fourth-order valence-electron chi connectivity index (χ4n) is 1.84. The second-order valence-electron chi connectivity index (χ2n) is 4.22. The van der Waals surface area contributed by atoms with E-state index in [1.54, 1.807) is 30.3 Å². The van der Waals surface area contributed by atoms with Crippen LogP contribution in [0.2, 0.25) is 0 Å². The average Bonchev–Trinajstić information content (AvgIpc) is 2.51. The zero-order chi connectivity index (χ0) is 14.8. The Morgan fingerprint density at radius 1 is 1.18 bits per heavy atom. The summed E-state index contributed by atoms with van der Waals surface area (Å²) in [7, 11) is 0. The molecular formula is C15H9HoNO4S. The second-order valence-corrected chi connectivity index (χ2v) is 4.58. The molecule has 3 aromatic rings. The average molecular weight is 464 g/mol. The van der Waals surface area contributed by atoms with Crippen molar-refractivity contribution in [2.45, 2.75) is 0 Å². The van der Waals surface area contributed by atoms with Crippen LogP contribution < -0.4 is 10.2 Å². The van der Waals surface area contributed by atoms with Gasteiger partial charge in [0.05, 0.1) is 0 Å². The molecule has 22 heavy (non-hydrogen) atoms. The van der Waals surface area contributed by atoms with E-state index in [1.807, 2.05) is 0 Å². The topological polar surface area (TPSA) is 59.5 Å². The van der Waals surface area contributed by atoms with Gasteiger partial charge in [-0.05, 0) is 17.5 Å². The van der Waals surface area contributed by atoms with Gasteiger partial charge in [-0.2, -0.15) is 18.2 Å². The third-order valence-electron chi connectivity index (χ3n) is 2.87. The van der Waals surface area contributed by atoms with E-state index in [9.17, 15) is 9.70 Å². The summed E-state index contributed by atoms with van der Waals surface area (Å²) in [6.07, 6.45) is 1.25. The summed E-state index contributed by atoms with van der Waals surface area (Å²) in [5.41, 5.74) is 0.544. The maximum atomic E-state index is 12.2. The molecule has 0 fully saturated rings. The fraction of sp³-hybridized carbons (Fsp3) is 0. The summed E-state index contributed by atoms with van der Waals surface area (Å²) in [6, 6.07) is 13.9. The van der Waals surface area contributed by atoms with Crippen LogP contribution in [-0.2, 0) is 0 Å². The van der Waals surface area contributed by atoms with Crippen molar-refractivity contribution in [3.8, 4) is 11.5 Å². The summed E-state index contributed by atoms with van der Waals surface area (Å²) < 4.78 is 11.3. The van der Waals surface area contributed by atoms with Crippen molar-refractivity contribution in [1.82, 2.24) is 0 Å². The quantitative estimate of drug-likeness (QED) is 0.279. The number of thiol groups is 1. The first-order chi connectivity index (χ1) is 10.1. The number of benzene rings is 2. The summed E-state index contributed by atoms with van der Waals surface area (Å²) in [5.74, 6) is 0.495. The van der Waals surface area contributed by atoms with Crippen LogP contribution in [0.3, 0.4) is 0 Å². The van der Waals surface area contributed by atoms with Gasteiger partial charge in [-0.1, -0.05) is 0 Å². The Morgan fingerprint density at radius 3 is 2.59 bits per heavy atom. The predicted octanol–water partition coefficient (Wildman–Crippen LogP) is 3.64. The van der Waals surface area contributed by atoms with Crippen LogP contribution in [0.4, 0.5) is 5.69 Å². The van der Waals surface area contributed by atoms with E-state index in [0.29, 0.717) is 26.6 Å². The van der Waals surface area contributed by atoms with Crippen molar-refractivity contribution in [2.24, 2.45) is 0 Å². The molecule has 0 saturated carbocycles. The standard InChI is InChI=1S/C15H9NO4S.Ho/c17-15-12-3-1-2-4-13(12)19-9-14(15)20-11-7-5-10(6-8-11)16(18)21;/h1,3-9H,(H,18,21);. The van der Waals surface area contributed by atoms with Gasteiger partial charge in [0.2, 0.25) is 24.0 Å². The van der Waals surface area contributed by atoms with Crippen molar-refractivity contribution in [2.75, 3.05) is 0 Å². The van der Waals surface area contributed by atoms with Gasteiger partial charge >= 0.3 is 0 Å². The maximum absolute atomic E-state index is 12.2. The van der Waals surface area contributed by atoms with Crippen molar-refractivity contribution in [1.29, 1.82) is 0 Å². The zero-order valence-corrected chi connectivity index (χ0v) is 13.8. The van der Waals surface area contributed by atoms with Crippen molar-refractivity contribution >= 4 is 29.5 Å². The predicted molar refractivity (Wildman–Crippen MR) is 80.1 cm³/mol. The molecule has 0 saturated heterocycles. The Labute approximate surface area is 161 Å². The molecule has 0 spiro atoms. The first-order valence-electron chi connectivity index (χ1n) is 6.01. The first-order valence-corrected chi connectivity index (χ1v) is 6.41. The number of fused-ring (bicyclic) bond motifs is 1. The number of ether oxygens (including phenoxy) is 1. The first kappa shape index (κ1) is 17.0. The third kappa shape index (κ3) is 3.52. The van der Waals surface area contributed by atoms with Crippen LogP contribution in [0.1, 0.15) is 0 Å². The molecule has 1 radical (unpaired) electrons. The Morgan fingerprint density at radius 2 is 1.91 bits per heavy atom. The molecule has 0 bridgehead atoms. The Hall–Kier alpha value is -1.34. The monoisotopic (exact) mass is 464 g/mol. The number of hydrogen-bond acceptors (Lipinski definition) is 4. The number of hydrogen-bond donors (Lipinski definition) is 1. The molecule has 3 rings (SSSR count). The second kappa shape index (κ2) is 7.28. The molecule has 0 N–H and O–H groups in total. The van der Waals surface area contributed by atoms with E-state index in [-0.39, 0.29) is 48.9 Å². The third-order valence-corrected chi connectivity index (χ3v) is 3.10. The Kier molecular flexibility index (Phi) is 5.63. The largest absolute Gasteiger partial charge is 0.518 e. The Bertz CT molecular complexity index is 877. The molecule has 0 aliphatic heterocycles. The van der Waals surface area contributed by atoms with Gasteiger partial charge in [-0.3, -0.25) is 4.79 Å². The summed E-state index contributed by atoms with van der Waals surface area (Å²) >= 11 is 3.65. The molecule has 0 atom stereocenters. The SMILES string of the molecule is O=c1c(Oc2ccc([N+](=O)S)cc2)coc2c[c-]ccc12.[Ho]. The minimum Gasteiger partial charge on any atom is -0.518 e. The molecule has 5 nitrogen and oxygen atoms in total. The van der Waals surface area contributed by atoms with Gasteiger partial charge in [0.25, 0.3) is 5.69 Å². The zero-order valence-electron chi connectivity index (χ0n) is 10.9. The molecule has 115 valence electrons. The minimum absolute atomic E-state index is 0. The van der Waals surface area contributed by atoms with E-state index in [4.69, 9.17) is 9.15 Å². The fourth-order valence-corrected chi connectivity index (χ4v) is 1.98. The Balaban J connectivity index is 0.00000176. The van der Waals surface area contributed by atoms with Gasteiger partial charge in [0.1, 0.15) is 16.2 Å². The van der Waals surface area contributed by atoms with E-state index in [1.165, 1.54) is 18.4 Å². The molecule has 7 heteroatoms. The van der Waals surface area contributed by atoms with Crippen molar-refractivity contribution in [3.63, 3.8) is 0 Å². The van der Waals surface area contributed by atoms with Crippen LogP contribution in [-0.4, -0.2) is 4.17 Å². The van der Waals surface area contributed by atoms with E-state index >= 15 is 0 Å². The summed E-state index contributed by atoms with van der Waals surface area (Å²) in [5, 5.41) is 0.420. The van der Waals surface area contributed by atoms with Crippen molar-refractivity contribution < 1.29 is 51.1 Å². The van der Waals surface area contributed by atoms with Crippen LogP contribution in [0.5, 0.6) is 11.5 Å². The van der Waals surface area contributed by atoms with Crippen molar-refractivity contribution in [3.05, 3.63) is 69.9 Å². The van der Waals surface area contributed by atoms with Gasteiger partial charge in [-0.25, -0.2) is 0 Å². The smallest absolute Gasteiger partial charge is 0.272 e. The van der Waals surface area contributed by atoms with Crippen LogP contribution in [0.15, 0.2) is 57.9 Å². The molecule has 1 heterocycles. The molecule has 2 aromatic carbocycles. The molecule has 1 aromatic heterocycles. The minimum atomic E-state index is -0.269. The maximum Gasteiger partial charge on any atom is 0.272 e. The van der Waals surface area contributed by atoms with Gasteiger partial charge in [0, 0.05) is 60.4 Å². The molecule has 0 unspecified atom stereocenters. The van der Waals surface area contributed by atoms with Crippen LogP contribution in [0.25, 0.3) is 11.0 Å². The molecule has 0 aliphatic carbocycles. The molecule has 0 aliphatic rings. The molecular weight excluding hydrogens is 455 g/mol. The normalized spacial score (nSPS) is 10.0. The van der Waals surface area contributed by atoms with Gasteiger partial charge < -0.3 is 9.15 Å². The number of nitrogens with zero attached hydrogens (tertiary/aromatic N) is 1.